The highest BCUT2D eigenvalue weighted by molar-refractivity contribution is 6.30. The van der Waals surface area contributed by atoms with Gasteiger partial charge in [-0.15, -0.1) is 0 Å². The Kier molecular flexibility index (Phi) is 4.22. The van der Waals surface area contributed by atoms with Crippen molar-refractivity contribution in [2.24, 2.45) is 0 Å². The zero-order valence-corrected chi connectivity index (χ0v) is 11.6. The van der Waals surface area contributed by atoms with E-state index in [2.05, 4.69) is 10.2 Å². The normalized spacial score (nSPS) is 10.5. The average Bonchev–Trinajstić information content (AvgIpc) is 2.83. The quantitative estimate of drug-likeness (QED) is 0.871. The largest absolute Gasteiger partial charge is 0.461 e. The van der Waals surface area contributed by atoms with Crippen molar-refractivity contribution < 1.29 is 9.53 Å². The van der Waals surface area contributed by atoms with E-state index in [-0.39, 0.29) is 0 Å². The lowest BCUT2D eigenvalue weighted by Gasteiger charge is -2.03. The van der Waals surface area contributed by atoms with Crippen LogP contribution < -0.4 is 0 Å². The number of esters is 1. The summed E-state index contributed by atoms with van der Waals surface area (Å²) >= 11 is 5.87. The van der Waals surface area contributed by atoms with Gasteiger partial charge >= 0.3 is 5.97 Å². The lowest BCUT2D eigenvalue weighted by Crippen LogP contribution is -2.07. The molecule has 1 aromatic carbocycles. The number of carbonyl (C=O) groups excluding carboxylic acids is 1. The summed E-state index contributed by atoms with van der Waals surface area (Å²) in [4.78, 5) is 11.8. The number of hydrogen-bond acceptors (Lipinski definition) is 3. The van der Waals surface area contributed by atoms with Gasteiger partial charge in [0.1, 0.15) is 0 Å². The fraction of sp³-hybridized carbons (Fsp3) is 0.286. The number of halogens is 1. The molecule has 0 atom stereocenters. The first kappa shape index (κ1) is 13.6. The third-order valence-corrected chi connectivity index (χ3v) is 3.07. The standard InChI is InChI=1S/C14H15ClN2O2/c1-3-11-12(9-5-7-10(15)8-6-9)16-17-13(11)14(18)19-4-2/h5-8H,3-4H2,1-2H3,(H,16,17). The van der Waals surface area contributed by atoms with Gasteiger partial charge in [0, 0.05) is 10.6 Å². The molecule has 1 heterocycles. The van der Waals surface area contributed by atoms with Crippen LogP contribution in [0.3, 0.4) is 0 Å². The first-order valence-electron chi connectivity index (χ1n) is 6.17. The molecule has 0 aliphatic heterocycles. The van der Waals surface area contributed by atoms with Gasteiger partial charge in [0.15, 0.2) is 5.69 Å². The van der Waals surface area contributed by atoms with E-state index < -0.39 is 5.97 Å². The van der Waals surface area contributed by atoms with Gasteiger partial charge < -0.3 is 4.74 Å². The molecule has 0 amide bonds. The summed E-state index contributed by atoms with van der Waals surface area (Å²) < 4.78 is 5.00. The number of aromatic amines is 1. The highest BCUT2D eigenvalue weighted by Gasteiger charge is 2.19. The molecule has 1 N–H and O–H groups in total. The summed E-state index contributed by atoms with van der Waals surface area (Å²) in [5.74, 6) is -0.393. The highest BCUT2D eigenvalue weighted by Crippen LogP contribution is 2.26. The Morgan fingerprint density at radius 2 is 2.00 bits per heavy atom. The predicted molar refractivity (Wildman–Crippen MR) is 74.4 cm³/mol. The summed E-state index contributed by atoms with van der Waals surface area (Å²) in [6, 6.07) is 7.40. The van der Waals surface area contributed by atoms with Crippen molar-refractivity contribution >= 4 is 17.6 Å². The molecular weight excluding hydrogens is 264 g/mol. The number of rotatable bonds is 4. The van der Waals surface area contributed by atoms with Gasteiger partial charge in [0.05, 0.1) is 12.3 Å². The number of aromatic nitrogens is 2. The fourth-order valence-electron chi connectivity index (χ4n) is 1.93. The van der Waals surface area contributed by atoms with Crippen LogP contribution in [-0.2, 0) is 11.2 Å². The third-order valence-electron chi connectivity index (χ3n) is 2.82. The molecular formula is C14H15ClN2O2. The van der Waals surface area contributed by atoms with Crippen molar-refractivity contribution in [2.75, 3.05) is 6.61 Å². The Morgan fingerprint density at radius 3 is 2.58 bits per heavy atom. The topological polar surface area (TPSA) is 55.0 Å². The molecule has 2 rings (SSSR count). The molecule has 0 unspecified atom stereocenters. The van der Waals surface area contributed by atoms with Crippen LogP contribution in [0, 0.1) is 0 Å². The predicted octanol–water partition coefficient (Wildman–Crippen LogP) is 3.47. The second-order valence-corrected chi connectivity index (χ2v) is 4.44. The molecule has 0 bridgehead atoms. The monoisotopic (exact) mass is 278 g/mol. The van der Waals surface area contributed by atoms with Gasteiger partial charge in [0.25, 0.3) is 0 Å². The highest BCUT2D eigenvalue weighted by atomic mass is 35.5. The van der Waals surface area contributed by atoms with Gasteiger partial charge in [-0.3, -0.25) is 5.10 Å². The number of nitrogens with zero attached hydrogens (tertiary/aromatic N) is 1. The van der Waals surface area contributed by atoms with Gasteiger partial charge in [0.2, 0.25) is 0 Å². The molecule has 0 radical (unpaired) electrons. The maximum absolute atomic E-state index is 11.8. The van der Waals surface area contributed by atoms with Gasteiger partial charge in [-0.25, -0.2) is 4.79 Å². The van der Waals surface area contributed by atoms with Crippen LogP contribution in [0.2, 0.25) is 5.02 Å². The van der Waals surface area contributed by atoms with E-state index in [0.29, 0.717) is 23.7 Å². The van der Waals surface area contributed by atoms with Crippen molar-refractivity contribution in [1.29, 1.82) is 0 Å². The van der Waals surface area contributed by atoms with Crippen molar-refractivity contribution in [3.8, 4) is 11.3 Å². The minimum Gasteiger partial charge on any atom is -0.461 e. The van der Waals surface area contributed by atoms with E-state index in [1.54, 1.807) is 19.1 Å². The Morgan fingerprint density at radius 1 is 1.32 bits per heavy atom. The van der Waals surface area contributed by atoms with Crippen LogP contribution in [-0.4, -0.2) is 22.8 Å². The van der Waals surface area contributed by atoms with Crippen LogP contribution in [0.1, 0.15) is 29.9 Å². The maximum Gasteiger partial charge on any atom is 0.359 e. The molecule has 0 spiro atoms. The van der Waals surface area contributed by atoms with Crippen molar-refractivity contribution in [2.45, 2.75) is 20.3 Å². The zero-order chi connectivity index (χ0) is 13.8. The fourth-order valence-corrected chi connectivity index (χ4v) is 2.06. The number of H-pyrrole nitrogens is 1. The number of ether oxygens (including phenoxy) is 1. The van der Waals surface area contributed by atoms with E-state index in [4.69, 9.17) is 16.3 Å². The van der Waals surface area contributed by atoms with Crippen molar-refractivity contribution in [3.05, 3.63) is 40.5 Å². The smallest absolute Gasteiger partial charge is 0.359 e. The number of nitrogens with one attached hydrogen (secondary N) is 1. The van der Waals surface area contributed by atoms with E-state index in [1.807, 2.05) is 19.1 Å². The van der Waals surface area contributed by atoms with Crippen molar-refractivity contribution in [3.63, 3.8) is 0 Å². The summed E-state index contributed by atoms with van der Waals surface area (Å²) in [7, 11) is 0. The maximum atomic E-state index is 11.8. The first-order chi connectivity index (χ1) is 9.17. The van der Waals surface area contributed by atoms with Crippen LogP contribution >= 0.6 is 11.6 Å². The van der Waals surface area contributed by atoms with Gasteiger partial charge in [-0.05, 0) is 31.0 Å². The van der Waals surface area contributed by atoms with E-state index >= 15 is 0 Å². The molecule has 0 saturated carbocycles. The van der Waals surface area contributed by atoms with E-state index in [9.17, 15) is 4.79 Å². The molecule has 19 heavy (non-hydrogen) atoms. The van der Waals surface area contributed by atoms with Crippen LogP contribution in [0.25, 0.3) is 11.3 Å². The summed E-state index contributed by atoms with van der Waals surface area (Å²) in [5, 5.41) is 7.65. The summed E-state index contributed by atoms with van der Waals surface area (Å²) in [6.45, 7) is 4.09. The number of benzene rings is 1. The SMILES string of the molecule is CCOC(=O)c1n[nH]c(-c2ccc(Cl)cc2)c1CC. The summed E-state index contributed by atoms with van der Waals surface area (Å²) in [6.07, 6.45) is 0.697. The molecule has 0 aliphatic carbocycles. The second kappa shape index (κ2) is 5.89. The lowest BCUT2D eigenvalue weighted by atomic mass is 10.0. The Balaban J connectivity index is 2.42. The van der Waals surface area contributed by atoms with E-state index in [0.717, 1.165) is 16.8 Å². The molecule has 100 valence electrons. The van der Waals surface area contributed by atoms with Crippen molar-refractivity contribution in [1.82, 2.24) is 10.2 Å². The lowest BCUT2D eigenvalue weighted by molar-refractivity contribution is 0.0518. The Hall–Kier alpha value is -1.81. The molecule has 0 saturated heterocycles. The zero-order valence-electron chi connectivity index (χ0n) is 10.9. The molecule has 2 aromatic rings. The van der Waals surface area contributed by atoms with Crippen LogP contribution in [0.5, 0.6) is 0 Å². The minimum absolute atomic E-state index is 0.338. The molecule has 0 aliphatic rings. The first-order valence-corrected chi connectivity index (χ1v) is 6.55. The Bertz CT molecular complexity index is 576. The van der Waals surface area contributed by atoms with E-state index in [1.165, 1.54) is 0 Å². The van der Waals surface area contributed by atoms with Crippen LogP contribution in [0.4, 0.5) is 0 Å². The van der Waals surface area contributed by atoms with Gasteiger partial charge in [-0.1, -0.05) is 30.7 Å². The molecule has 5 heteroatoms. The molecule has 4 nitrogen and oxygen atoms in total. The second-order valence-electron chi connectivity index (χ2n) is 4.01. The third kappa shape index (κ3) is 2.79. The minimum atomic E-state index is -0.393. The van der Waals surface area contributed by atoms with Crippen LogP contribution in [0.15, 0.2) is 24.3 Å². The molecule has 0 fully saturated rings. The summed E-state index contributed by atoms with van der Waals surface area (Å²) in [5.41, 5.74) is 3.00. The molecule has 1 aromatic heterocycles. The number of carbonyl (C=O) groups is 1. The average molecular weight is 279 g/mol. The van der Waals surface area contributed by atoms with Gasteiger partial charge in [-0.2, -0.15) is 5.10 Å². The Labute approximate surface area is 116 Å². The number of hydrogen-bond donors (Lipinski definition) is 1.